The van der Waals surface area contributed by atoms with Crippen LogP contribution in [0.3, 0.4) is 0 Å². The normalized spacial score (nSPS) is 10.3. The van der Waals surface area contributed by atoms with Gasteiger partial charge in [0.15, 0.2) is 0 Å². The summed E-state index contributed by atoms with van der Waals surface area (Å²) in [7, 11) is 6.75. The maximum absolute atomic E-state index is 5.02. The Morgan fingerprint density at radius 1 is 1.16 bits per heavy atom. The number of aryl methyl sites for hydroxylation is 1. The van der Waals surface area contributed by atoms with Crippen LogP contribution in [0.4, 0.5) is 5.95 Å². The molecule has 0 aliphatic heterocycles. The van der Waals surface area contributed by atoms with Gasteiger partial charge < -0.3 is 14.4 Å². The number of methoxy groups -OCH3 is 2. The molecule has 8 heteroatoms. The van der Waals surface area contributed by atoms with Crippen molar-refractivity contribution in [1.82, 2.24) is 24.7 Å². The Morgan fingerprint density at radius 2 is 1.79 bits per heavy atom. The predicted octanol–water partition coefficient (Wildman–Crippen LogP) is 0.259. The lowest BCUT2D eigenvalue weighted by Crippen LogP contribution is -2.19. The first-order valence-electron chi connectivity index (χ1n) is 5.65. The minimum Gasteiger partial charge on any atom is -0.467 e. The average Bonchev–Trinajstić information content (AvgIpc) is 2.83. The van der Waals surface area contributed by atoms with E-state index in [1.54, 1.807) is 10.9 Å². The standard InChI is InChI=1S/C11H16N6O2/c1-16(6-8-5-12-17(2)7-8)9-13-10(18-3)15-11(14-9)19-4/h5,7H,6H2,1-4H3. The van der Waals surface area contributed by atoms with Crippen molar-refractivity contribution in [2.24, 2.45) is 7.05 Å². The van der Waals surface area contributed by atoms with Gasteiger partial charge in [-0.2, -0.15) is 15.1 Å². The summed E-state index contributed by atoms with van der Waals surface area (Å²) in [5.74, 6) is 0.479. The zero-order chi connectivity index (χ0) is 13.8. The van der Waals surface area contributed by atoms with Gasteiger partial charge in [0.2, 0.25) is 5.95 Å². The molecular weight excluding hydrogens is 248 g/mol. The Morgan fingerprint density at radius 3 is 2.26 bits per heavy atom. The van der Waals surface area contributed by atoms with Gasteiger partial charge in [0, 0.05) is 32.4 Å². The molecule has 0 N–H and O–H groups in total. The summed E-state index contributed by atoms with van der Waals surface area (Å²) >= 11 is 0. The van der Waals surface area contributed by atoms with Gasteiger partial charge in [-0.25, -0.2) is 0 Å². The number of aromatic nitrogens is 5. The summed E-state index contributed by atoms with van der Waals surface area (Å²) < 4.78 is 11.8. The number of anilines is 1. The lowest BCUT2D eigenvalue weighted by Gasteiger charge is -2.16. The van der Waals surface area contributed by atoms with Gasteiger partial charge in [-0.05, 0) is 0 Å². The second-order valence-electron chi connectivity index (χ2n) is 3.99. The minimum absolute atomic E-state index is 0.222. The van der Waals surface area contributed by atoms with E-state index in [-0.39, 0.29) is 12.0 Å². The molecule has 2 aromatic rings. The fourth-order valence-electron chi connectivity index (χ4n) is 1.58. The quantitative estimate of drug-likeness (QED) is 0.766. The second kappa shape index (κ2) is 5.51. The zero-order valence-electron chi connectivity index (χ0n) is 11.4. The third-order valence-corrected chi connectivity index (χ3v) is 2.47. The van der Waals surface area contributed by atoms with Gasteiger partial charge in [-0.3, -0.25) is 4.68 Å². The minimum atomic E-state index is 0.222. The summed E-state index contributed by atoms with van der Waals surface area (Å²) in [6, 6.07) is 0.444. The van der Waals surface area contributed by atoms with Crippen molar-refractivity contribution in [2.75, 3.05) is 26.2 Å². The number of nitrogens with zero attached hydrogens (tertiary/aromatic N) is 6. The smallest absolute Gasteiger partial charge is 0.324 e. The predicted molar refractivity (Wildman–Crippen MR) is 68.2 cm³/mol. The van der Waals surface area contributed by atoms with E-state index in [0.29, 0.717) is 12.5 Å². The molecular formula is C11H16N6O2. The third kappa shape index (κ3) is 3.09. The largest absolute Gasteiger partial charge is 0.467 e. The molecule has 0 fully saturated rings. The molecule has 0 aliphatic rings. The van der Waals surface area contributed by atoms with Crippen molar-refractivity contribution in [2.45, 2.75) is 6.54 Å². The monoisotopic (exact) mass is 264 g/mol. The lowest BCUT2D eigenvalue weighted by atomic mass is 10.3. The first-order chi connectivity index (χ1) is 9.12. The molecule has 0 aromatic carbocycles. The summed E-state index contributed by atoms with van der Waals surface area (Å²) in [4.78, 5) is 14.2. The molecule has 0 bridgehead atoms. The molecule has 2 aromatic heterocycles. The summed E-state index contributed by atoms with van der Waals surface area (Å²) in [6.45, 7) is 0.629. The van der Waals surface area contributed by atoms with E-state index < -0.39 is 0 Å². The van der Waals surface area contributed by atoms with Gasteiger partial charge in [-0.1, -0.05) is 0 Å². The van der Waals surface area contributed by atoms with Gasteiger partial charge in [0.1, 0.15) is 0 Å². The van der Waals surface area contributed by atoms with Crippen LogP contribution in [0.2, 0.25) is 0 Å². The lowest BCUT2D eigenvalue weighted by molar-refractivity contribution is 0.340. The first kappa shape index (κ1) is 13.1. The molecule has 8 nitrogen and oxygen atoms in total. The molecule has 0 radical (unpaired) electrons. The number of hydrogen-bond acceptors (Lipinski definition) is 7. The summed E-state index contributed by atoms with van der Waals surface area (Å²) in [6.07, 6.45) is 3.73. The van der Waals surface area contributed by atoms with E-state index in [1.165, 1.54) is 14.2 Å². The Balaban J connectivity index is 2.20. The van der Waals surface area contributed by atoms with E-state index in [2.05, 4.69) is 20.1 Å². The van der Waals surface area contributed by atoms with Crippen LogP contribution in [0.15, 0.2) is 12.4 Å². The maximum Gasteiger partial charge on any atom is 0.324 e. The summed E-state index contributed by atoms with van der Waals surface area (Å²) in [5, 5.41) is 4.12. The van der Waals surface area contributed by atoms with Crippen LogP contribution in [0.1, 0.15) is 5.56 Å². The van der Waals surface area contributed by atoms with E-state index in [0.717, 1.165) is 5.56 Å². The van der Waals surface area contributed by atoms with Crippen LogP contribution in [0, 0.1) is 0 Å². The Bertz CT molecular complexity index is 534. The molecule has 2 heterocycles. The molecule has 0 saturated heterocycles. The van der Waals surface area contributed by atoms with Crippen LogP contribution < -0.4 is 14.4 Å². The van der Waals surface area contributed by atoms with Crippen LogP contribution in [-0.2, 0) is 13.6 Å². The number of hydrogen-bond donors (Lipinski definition) is 0. The van der Waals surface area contributed by atoms with Gasteiger partial charge >= 0.3 is 12.0 Å². The fraction of sp³-hybridized carbons (Fsp3) is 0.455. The zero-order valence-corrected chi connectivity index (χ0v) is 11.4. The molecule has 2 rings (SSSR count). The van der Waals surface area contributed by atoms with Crippen LogP contribution in [0.5, 0.6) is 12.0 Å². The van der Waals surface area contributed by atoms with E-state index in [9.17, 15) is 0 Å². The molecule has 102 valence electrons. The highest BCUT2D eigenvalue weighted by molar-refractivity contribution is 5.32. The molecule has 0 spiro atoms. The Kier molecular flexibility index (Phi) is 3.79. The average molecular weight is 264 g/mol. The van der Waals surface area contributed by atoms with Crippen molar-refractivity contribution in [3.8, 4) is 12.0 Å². The maximum atomic E-state index is 5.02. The Labute approximate surface area is 111 Å². The van der Waals surface area contributed by atoms with Gasteiger partial charge in [-0.15, -0.1) is 4.98 Å². The number of rotatable bonds is 5. The van der Waals surface area contributed by atoms with Crippen LogP contribution in [-0.4, -0.2) is 46.0 Å². The van der Waals surface area contributed by atoms with E-state index in [4.69, 9.17) is 9.47 Å². The highest BCUT2D eigenvalue weighted by atomic mass is 16.5. The third-order valence-electron chi connectivity index (χ3n) is 2.47. The molecule has 0 amide bonds. The van der Waals surface area contributed by atoms with Crippen LogP contribution in [0.25, 0.3) is 0 Å². The molecule has 0 saturated carbocycles. The molecule has 19 heavy (non-hydrogen) atoms. The van der Waals surface area contributed by atoms with Crippen molar-refractivity contribution >= 4 is 5.95 Å². The van der Waals surface area contributed by atoms with Crippen LogP contribution >= 0.6 is 0 Å². The Hall–Kier alpha value is -2.38. The second-order valence-corrected chi connectivity index (χ2v) is 3.99. The molecule has 0 unspecified atom stereocenters. The van der Waals surface area contributed by atoms with Crippen molar-refractivity contribution in [1.29, 1.82) is 0 Å². The van der Waals surface area contributed by atoms with Crippen molar-refractivity contribution in [3.63, 3.8) is 0 Å². The highest BCUT2D eigenvalue weighted by Crippen LogP contribution is 2.16. The molecule has 0 aliphatic carbocycles. The summed E-state index contributed by atoms with van der Waals surface area (Å²) in [5.41, 5.74) is 1.06. The van der Waals surface area contributed by atoms with E-state index in [1.807, 2.05) is 25.2 Å². The first-order valence-corrected chi connectivity index (χ1v) is 5.65. The number of ether oxygens (including phenoxy) is 2. The van der Waals surface area contributed by atoms with E-state index >= 15 is 0 Å². The topological polar surface area (TPSA) is 78.2 Å². The van der Waals surface area contributed by atoms with Gasteiger partial charge in [0.25, 0.3) is 0 Å². The fourth-order valence-corrected chi connectivity index (χ4v) is 1.58. The molecule has 0 atom stereocenters. The van der Waals surface area contributed by atoms with Gasteiger partial charge in [0.05, 0.1) is 20.4 Å². The SMILES string of the molecule is COc1nc(OC)nc(N(C)Cc2cnn(C)c2)n1. The van der Waals surface area contributed by atoms with Crippen molar-refractivity contribution in [3.05, 3.63) is 18.0 Å². The van der Waals surface area contributed by atoms with Crippen molar-refractivity contribution < 1.29 is 9.47 Å². The highest BCUT2D eigenvalue weighted by Gasteiger charge is 2.12.